The van der Waals surface area contributed by atoms with Crippen LogP contribution in [0.3, 0.4) is 0 Å². The quantitative estimate of drug-likeness (QED) is 0.419. The van der Waals surface area contributed by atoms with Crippen LogP contribution in [0, 0.1) is 10.1 Å². The largest absolute Gasteiger partial charge is 0.374 e. The number of nitro groups is 1. The zero-order valence-electron chi connectivity index (χ0n) is 11.5. The van der Waals surface area contributed by atoms with Gasteiger partial charge in [0.05, 0.1) is 4.92 Å². The summed E-state index contributed by atoms with van der Waals surface area (Å²) in [6.07, 6.45) is 0.665. The minimum Gasteiger partial charge on any atom is -0.374 e. The molecular formula is C10H18N4O4S2. The summed E-state index contributed by atoms with van der Waals surface area (Å²) in [4.78, 5) is 12.2. The van der Waals surface area contributed by atoms with Gasteiger partial charge in [-0.25, -0.2) is 13.1 Å². The number of hydrogen-bond donors (Lipinski definition) is 2. The van der Waals surface area contributed by atoms with E-state index in [2.05, 4.69) is 10.0 Å². The van der Waals surface area contributed by atoms with Crippen LogP contribution in [-0.4, -0.2) is 52.5 Å². The average molecular weight is 322 g/mol. The van der Waals surface area contributed by atoms with Crippen molar-refractivity contribution in [1.29, 1.82) is 0 Å². The van der Waals surface area contributed by atoms with E-state index < -0.39 is 14.9 Å². The topological polar surface area (TPSA) is 105 Å². The highest BCUT2D eigenvalue weighted by atomic mass is 32.2. The molecule has 8 nitrogen and oxygen atoms in total. The lowest BCUT2D eigenvalue weighted by molar-refractivity contribution is -0.383. The van der Waals surface area contributed by atoms with Crippen molar-refractivity contribution in [2.24, 2.45) is 0 Å². The molecule has 10 heteroatoms. The fourth-order valence-corrected chi connectivity index (χ4v) is 3.88. The Labute approximate surface area is 122 Å². The van der Waals surface area contributed by atoms with Gasteiger partial charge < -0.3 is 10.2 Å². The molecule has 20 heavy (non-hydrogen) atoms. The molecule has 0 aliphatic heterocycles. The van der Waals surface area contributed by atoms with Gasteiger partial charge in [0.15, 0.2) is 5.00 Å². The molecule has 0 aliphatic rings. The SMILES string of the molecule is CNc1sc(S(=O)(=O)NCCCN(C)C)cc1[N+](=O)[O-]. The van der Waals surface area contributed by atoms with E-state index in [9.17, 15) is 18.5 Å². The Morgan fingerprint density at radius 1 is 1.45 bits per heavy atom. The molecule has 0 saturated heterocycles. The number of nitrogens with zero attached hydrogens (tertiary/aromatic N) is 2. The molecule has 1 heterocycles. The molecule has 0 aliphatic carbocycles. The van der Waals surface area contributed by atoms with Crippen LogP contribution in [0.4, 0.5) is 10.7 Å². The average Bonchev–Trinajstić information content (AvgIpc) is 2.79. The fraction of sp³-hybridized carbons (Fsp3) is 0.600. The van der Waals surface area contributed by atoms with Gasteiger partial charge in [0.1, 0.15) is 4.21 Å². The van der Waals surface area contributed by atoms with E-state index in [0.29, 0.717) is 13.0 Å². The summed E-state index contributed by atoms with van der Waals surface area (Å²) in [6, 6.07) is 1.07. The van der Waals surface area contributed by atoms with Crippen LogP contribution in [0.25, 0.3) is 0 Å². The number of rotatable bonds is 8. The molecule has 114 valence electrons. The Balaban J connectivity index is 2.80. The summed E-state index contributed by atoms with van der Waals surface area (Å²) in [7, 11) is 1.61. The van der Waals surface area contributed by atoms with Crippen LogP contribution >= 0.6 is 11.3 Å². The van der Waals surface area contributed by atoms with E-state index in [4.69, 9.17) is 0 Å². The van der Waals surface area contributed by atoms with Crippen LogP contribution < -0.4 is 10.0 Å². The maximum atomic E-state index is 12.0. The highest BCUT2D eigenvalue weighted by Gasteiger charge is 2.25. The maximum Gasteiger partial charge on any atom is 0.304 e. The zero-order valence-corrected chi connectivity index (χ0v) is 13.2. The Morgan fingerprint density at radius 3 is 2.55 bits per heavy atom. The Kier molecular flexibility index (Phi) is 5.87. The molecule has 0 bridgehead atoms. The van der Waals surface area contributed by atoms with Gasteiger partial charge in [-0.05, 0) is 27.1 Å². The molecular weight excluding hydrogens is 304 g/mol. The lowest BCUT2D eigenvalue weighted by Gasteiger charge is -2.09. The van der Waals surface area contributed by atoms with Gasteiger partial charge >= 0.3 is 5.69 Å². The monoisotopic (exact) mass is 322 g/mol. The number of thiophene rings is 1. The summed E-state index contributed by atoms with van der Waals surface area (Å²) in [5.74, 6) is 0. The zero-order chi connectivity index (χ0) is 15.3. The second-order valence-corrected chi connectivity index (χ2v) is 7.39. The van der Waals surface area contributed by atoms with Gasteiger partial charge in [-0.1, -0.05) is 11.3 Å². The first-order valence-corrected chi connectivity index (χ1v) is 8.18. The minimum atomic E-state index is -3.70. The van der Waals surface area contributed by atoms with Gasteiger partial charge in [-0.3, -0.25) is 10.1 Å². The van der Waals surface area contributed by atoms with Crippen LogP contribution in [0.1, 0.15) is 6.42 Å². The lowest BCUT2D eigenvalue weighted by atomic mass is 10.4. The first kappa shape index (κ1) is 16.8. The van der Waals surface area contributed by atoms with E-state index in [1.807, 2.05) is 19.0 Å². The molecule has 2 N–H and O–H groups in total. The summed E-state index contributed by atoms with van der Waals surface area (Å²) < 4.78 is 26.4. The Bertz CT molecular complexity index is 568. The highest BCUT2D eigenvalue weighted by molar-refractivity contribution is 7.91. The summed E-state index contributed by atoms with van der Waals surface area (Å²) in [5.41, 5.74) is -0.230. The standard InChI is InChI=1S/C10H18N4O4S2/c1-11-10-8(14(15)16)7-9(19-10)20(17,18)12-5-4-6-13(2)3/h7,11-12H,4-6H2,1-3H3. The van der Waals surface area contributed by atoms with Crippen LogP contribution in [0.15, 0.2) is 10.3 Å². The molecule has 0 amide bonds. The van der Waals surface area contributed by atoms with E-state index >= 15 is 0 Å². The van der Waals surface area contributed by atoms with Crippen LogP contribution in [-0.2, 0) is 10.0 Å². The Hall–Kier alpha value is -1.23. The number of anilines is 1. The molecule has 0 unspecified atom stereocenters. The summed E-state index contributed by atoms with van der Waals surface area (Å²) >= 11 is 0.845. The van der Waals surface area contributed by atoms with Crippen LogP contribution in [0.2, 0.25) is 0 Å². The van der Waals surface area contributed by atoms with Gasteiger partial charge in [0, 0.05) is 19.7 Å². The number of sulfonamides is 1. The van der Waals surface area contributed by atoms with Crippen molar-refractivity contribution in [3.63, 3.8) is 0 Å². The third-order valence-electron chi connectivity index (χ3n) is 2.45. The van der Waals surface area contributed by atoms with Crippen molar-refractivity contribution in [1.82, 2.24) is 9.62 Å². The second kappa shape index (κ2) is 6.97. The normalized spacial score (nSPS) is 11.8. The van der Waals surface area contributed by atoms with Crippen molar-refractivity contribution in [2.75, 3.05) is 39.5 Å². The minimum absolute atomic E-state index is 0.0570. The molecule has 0 atom stereocenters. The van der Waals surface area contributed by atoms with Gasteiger partial charge in [0.25, 0.3) is 0 Å². The molecule has 0 spiro atoms. The predicted molar refractivity (Wildman–Crippen MR) is 78.9 cm³/mol. The predicted octanol–water partition coefficient (Wildman–Crippen LogP) is 0.928. The third kappa shape index (κ3) is 4.40. The van der Waals surface area contributed by atoms with Crippen molar-refractivity contribution in [2.45, 2.75) is 10.6 Å². The molecule has 0 aromatic carbocycles. The maximum absolute atomic E-state index is 12.0. The molecule has 0 radical (unpaired) electrons. The molecule has 1 rings (SSSR count). The fourth-order valence-electron chi connectivity index (χ4n) is 1.48. The van der Waals surface area contributed by atoms with E-state index in [1.54, 1.807) is 0 Å². The van der Waals surface area contributed by atoms with Crippen molar-refractivity contribution >= 4 is 32.0 Å². The molecule has 0 fully saturated rings. The van der Waals surface area contributed by atoms with E-state index in [1.165, 1.54) is 7.05 Å². The van der Waals surface area contributed by atoms with Gasteiger partial charge in [-0.15, -0.1) is 0 Å². The third-order valence-corrected chi connectivity index (χ3v) is 5.53. The lowest BCUT2D eigenvalue weighted by Crippen LogP contribution is -2.26. The highest BCUT2D eigenvalue weighted by Crippen LogP contribution is 2.36. The summed E-state index contributed by atoms with van der Waals surface area (Å²) in [5, 5.41) is 13.7. The first-order chi connectivity index (χ1) is 9.27. The van der Waals surface area contributed by atoms with E-state index in [0.717, 1.165) is 23.9 Å². The summed E-state index contributed by atoms with van der Waals surface area (Å²) in [6.45, 7) is 1.05. The first-order valence-electron chi connectivity index (χ1n) is 5.88. The molecule has 1 aromatic heterocycles. The second-order valence-electron chi connectivity index (χ2n) is 4.34. The van der Waals surface area contributed by atoms with Gasteiger partial charge in [0.2, 0.25) is 10.0 Å². The smallest absolute Gasteiger partial charge is 0.304 e. The Morgan fingerprint density at radius 2 is 2.10 bits per heavy atom. The van der Waals surface area contributed by atoms with Crippen molar-refractivity contribution < 1.29 is 13.3 Å². The van der Waals surface area contributed by atoms with Crippen LogP contribution in [0.5, 0.6) is 0 Å². The van der Waals surface area contributed by atoms with Crippen molar-refractivity contribution in [3.8, 4) is 0 Å². The number of hydrogen-bond acceptors (Lipinski definition) is 7. The number of nitrogens with one attached hydrogen (secondary N) is 2. The molecule has 1 aromatic rings. The molecule has 0 saturated carbocycles. The van der Waals surface area contributed by atoms with Crippen molar-refractivity contribution in [3.05, 3.63) is 16.2 Å². The van der Waals surface area contributed by atoms with Gasteiger partial charge in [-0.2, -0.15) is 0 Å². The van der Waals surface area contributed by atoms with E-state index in [-0.39, 0.29) is 14.9 Å².